The number of aromatic nitrogens is 3. The predicted molar refractivity (Wildman–Crippen MR) is 86.1 cm³/mol. The molecule has 0 aliphatic rings. The molecule has 2 rings (SSSR count). The van der Waals surface area contributed by atoms with Crippen LogP contribution in [0.2, 0.25) is 0 Å². The summed E-state index contributed by atoms with van der Waals surface area (Å²) >= 11 is 3.44. The molecule has 0 aromatic carbocycles. The number of fused-ring (bicyclic) bond motifs is 1. The Morgan fingerprint density at radius 1 is 1.35 bits per heavy atom. The van der Waals surface area contributed by atoms with Gasteiger partial charge in [-0.2, -0.15) is 4.98 Å². The number of pyridine rings is 1. The molecule has 0 aliphatic heterocycles. The van der Waals surface area contributed by atoms with Crippen molar-refractivity contribution in [3.05, 3.63) is 22.8 Å². The van der Waals surface area contributed by atoms with Gasteiger partial charge in [0.2, 0.25) is 5.95 Å². The highest BCUT2D eigenvalue weighted by atomic mass is 79.9. The summed E-state index contributed by atoms with van der Waals surface area (Å²) in [6, 6.07) is 4.27. The molecule has 1 unspecified atom stereocenters. The Hall–Kier alpha value is -1.14. The monoisotopic (exact) mass is 339 g/mol. The SMILES string of the molecule is CC(C)CC(CN(C)C)Nc1nc2ccc(Br)cn2n1. The van der Waals surface area contributed by atoms with E-state index in [9.17, 15) is 0 Å². The standard InChI is InChI=1S/C14H22BrN5/c1-10(2)7-12(9-19(3)4)16-14-17-13-6-5-11(15)8-20(13)18-14/h5-6,8,10,12H,7,9H2,1-4H3,(H,16,18). The van der Waals surface area contributed by atoms with Gasteiger partial charge < -0.3 is 10.2 Å². The van der Waals surface area contributed by atoms with Crippen LogP contribution >= 0.6 is 15.9 Å². The molecule has 2 aromatic rings. The van der Waals surface area contributed by atoms with Gasteiger partial charge in [-0.05, 0) is 54.5 Å². The van der Waals surface area contributed by atoms with Crippen molar-refractivity contribution in [1.82, 2.24) is 19.5 Å². The fraction of sp³-hybridized carbons (Fsp3) is 0.571. The lowest BCUT2D eigenvalue weighted by atomic mass is 10.0. The molecule has 2 heterocycles. The van der Waals surface area contributed by atoms with Crippen molar-refractivity contribution in [3.63, 3.8) is 0 Å². The lowest BCUT2D eigenvalue weighted by molar-refractivity contribution is 0.355. The molecular weight excluding hydrogens is 318 g/mol. The van der Waals surface area contributed by atoms with Crippen molar-refractivity contribution in [2.24, 2.45) is 5.92 Å². The minimum Gasteiger partial charge on any atom is -0.349 e. The first kappa shape index (κ1) is 15.3. The summed E-state index contributed by atoms with van der Waals surface area (Å²) in [4.78, 5) is 6.70. The molecule has 6 heteroatoms. The van der Waals surface area contributed by atoms with Gasteiger partial charge in [-0.25, -0.2) is 4.52 Å². The largest absolute Gasteiger partial charge is 0.349 e. The first-order valence-corrected chi connectivity index (χ1v) is 7.66. The van der Waals surface area contributed by atoms with Crippen LogP contribution in [0.5, 0.6) is 0 Å². The van der Waals surface area contributed by atoms with E-state index in [0.29, 0.717) is 17.9 Å². The number of hydrogen-bond acceptors (Lipinski definition) is 4. The van der Waals surface area contributed by atoms with E-state index in [-0.39, 0.29) is 0 Å². The van der Waals surface area contributed by atoms with Crippen molar-refractivity contribution in [2.45, 2.75) is 26.3 Å². The lowest BCUT2D eigenvalue weighted by Crippen LogP contribution is -2.33. The maximum absolute atomic E-state index is 4.51. The van der Waals surface area contributed by atoms with Gasteiger partial charge in [-0.15, -0.1) is 5.10 Å². The van der Waals surface area contributed by atoms with Crippen molar-refractivity contribution in [2.75, 3.05) is 26.0 Å². The highest BCUT2D eigenvalue weighted by Gasteiger charge is 2.14. The third-order valence-corrected chi connectivity index (χ3v) is 3.44. The zero-order chi connectivity index (χ0) is 14.7. The van der Waals surface area contributed by atoms with Crippen LogP contribution in [0, 0.1) is 5.92 Å². The van der Waals surface area contributed by atoms with Gasteiger partial charge in [0.05, 0.1) is 0 Å². The number of halogens is 1. The van der Waals surface area contributed by atoms with E-state index in [0.717, 1.165) is 23.1 Å². The summed E-state index contributed by atoms with van der Waals surface area (Å²) in [5.74, 6) is 1.33. The third-order valence-electron chi connectivity index (χ3n) is 2.97. The molecule has 0 spiro atoms. The molecule has 0 fully saturated rings. The van der Waals surface area contributed by atoms with Crippen LogP contribution in [0.25, 0.3) is 5.65 Å². The van der Waals surface area contributed by atoms with E-state index < -0.39 is 0 Å². The first-order chi connectivity index (χ1) is 9.44. The third kappa shape index (κ3) is 4.18. The number of rotatable bonds is 6. The van der Waals surface area contributed by atoms with E-state index in [1.165, 1.54) is 0 Å². The molecule has 0 aliphatic carbocycles. The van der Waals surface area contributed by atoms with Gasteiger partial charge in [0, 0.05) is 23.3 Å². The zero-order valence-corrected chi connectivity index (χ0v) is 14.1. The number of nitrogens with one attached hydrogen (secondary N) is 1. The quantitative estimate of drug-likeness (QED) is 0.878. The second kappa shape index (κ2) is 6.54. The topological polar surface area (TPSA) is 45.5 Å². The molecule has 1 N–H and O–H groups in total. The number of hydrogen-bond donors (Lipinski definition) is 1. The highest BCUT2D eigenvalue weighted by Crippen LogP contribution is 2.14. The van der Waals surface area contributed by atoms with Crippen molar-refractivity contribution >= 4 is 27.5 Å². The molecular formula is C14H22BrN5. The first-order valence-electron chi connectivity index (χ1n) is 6.87. The van der Waals surface area contributed by atoms with Gasteiger partial charge in [-0.3, -0.25) is 0 Å². The molecule has 2 aromatic heterocycles. The molecule has 0 amide bonds. The Kier molecular flexibility index (Phi) is 4.99. The Labute approximate surface area is 128 Å². The van der Waals surface area contributed by atoms with E-state index in [2.05, 4.69) is 64.2 Å². The second-order valence-corrected chi connectivity index (χ2v) is 6.73. The van der Waals surface area contributed by atoms with Gasteiger partial charge in [0.15, 0.2) is 5.65 Å². The number of anilines is 1. The fourth-order valence-corrected chi connectivity index (χ4v) is 2.62. The number of nitrogens with zero attached hydrogens (tertiary/aromatic N) is 4. The van der Waals surface area contributed by atoms with Crippen LogP contribution in [0.4, 0.5) is 5.95 Å². The van der Waals surface area contributed by atoms with E-state index in [4.69, 9.17) is 0 Å². The summed E-state index contributed by atoms with van der Waals surface area (Å²) in [7, 11) is 4.17. The van der Waals surface area contributed by atoms with Gasteiger partial charge >= 0.3 is 0 Å². The van der Waals surface area contributed by atoms with E-state index >= 15 is 0 Å². The fourth-order valence-electron chi connectivity index (χ4n) is 2.29. The van der Waals surface area contributed by atoms with Crippen LogP contribution in [0.1, 0.15) is 20.3 Å². The molecule has 0 radical (unpaired) electrons. The molecule has 110 valence electrons. The normalized spacial score (nSPS) is 13.3. The lowest BCUT2D eigenvalue weighted by Gasteiger charge is -2.23. The van der Waals surface area contributed by atoms with Crippen LogP contribution in [-0.4, -0.2) is 46.2 Å². The predicted octanol–water partition coefficient (Wildman–Crippen LogP) is 2.88. The molecule has 0 bridgehead atoms. The molecule has 20 heavy (non-hydrogen) atoms. The Morgan fingerprint density at radius 3 is 2.75 bits per heavy atom. The summed E-state index contributed by atoms with van der Waals surface area (Å²) in [5, 5.41) is 7.92. The molecule has 5 nitrogen and oxygen atoms in total. The summed E-state index contributed by atoms with van der Waals surface area (Å²) in [6.45, 7) is 5.44. The maximum Gasteiger partial charge on any atom is 0.243 e. The van der Waals surface area contributed by atoms with Crippen LogP contribution in [0.15, 0.2) is 22.8 Å². The average Bonchev–Trinajstić information content (AvgIpc) is 2.68. The van der Waals surface area contributed by atoms with Gasteiger partial charge in [0.25, 0.3) is 0 Å². The molecule has 1 atom stereocenters. The number of likely N-dealkylation sites (N-methyl/N-ethyl adjacent to an activating group) is 1. The average molecular weight is 340 g/mol. The van der Waals surface area contributed by atoms with Crippen LogP contribution in [-0.2, 0) is 0 Å². The van der Waals surface area contributed by atoms with E-state index in [1.54, 1.807) is 4.52 Å². The smallest absolute Gasteiger partial charge is 0.243 e. The Bertz CT molecular complexity index is 554. The van der Waals surface area contributed by atoms with Crippen LogP contribution in [0.3, 0.4) is 0 Å². The maximum atomic E-state index is 4.51. The van der Waals surface area contributed by atoms with Gasteiger partial charge in [-0.1, -0.05) is 13.8 Å². The van der Waals surface area contributed by atoms with Crippen LogP contribution < -0.4 is 5.32 Å². The highest BCUT2D eigenvalue weighted by molar-refractivity contribution is 9.10. The summed E-state index contributed by atoms with van der Waals surface area (Å²) in [5.41, 5.74) is 0.851. The summed E-state index contributed by atoms with van der Waals surface area (Å²) in [6.07, 6.45) is 3.01. The Balaban J connectivity index is 2.14. The zero-order valence-electron chi connectivity index (χ0n) is 12.5. The Morgan fingerprint density at radius 2 is 2.10 bits per heavy atom. The van der Waals surface area contributed by atoms with Gasteiger partial charge in [0.1, 0.15) is 0 Å². The molecule has 0 saturated heterocycles. The molecule has 0 saturated carbocycles. The summed E-state index contributed by atoms with van der Waals surface area (Å²) < 4.78 is 2.78. The second-order valence-electron chi connectivity index (χ2n) is 5.82. The minimum absolute atomic E-state index is 0.353. The van der Waals surface area contributed by atoms with Crippen molar-refractivity contribution in [1.29, 1.82) is 0 Å². The van der Waals surface area contributed by atoms with Crippen molar-refractivity contribution < 1.29 is 0 Å². The van der Waals surface area contributed by atoms with E-state index in [1.807, 2.05) is 18.3 Å². The van der Waals surface area contributed by atoms with Crippen molar-refractivity contribution in [3.8, 4) is 0 Å². The minimum atomic E-state index is 0.353.